The van der Waals surface area contributed by atoms with E-state index in [1.807, 2.05) is 12.1 Å². The summed E-state index contributed by atoms with van der Waals surface area (Å²) in [7, 11) is 0. The highest BCUT2D eigenvalue weighted by atomic mass is 16.1. The van der Waals surface area contributed by atoms with Crippen LogP contribution in [-0.2, 0) is 6.42 Å². The minimum atomic E-state index is 0.0644. The Bertz CT molecular complexity index is 738. The summed E-state index contributed by atoms with van der Waals surface area (Å²) in [5, 5.41) is 4.18. The minimum absolute atomic E-state index is 0.0644. The van der Waals surface area contributed by atoms with Crippen LogP contribution in [0.5, 0.6) is 0 Å². The summed E-state index contributed by atoms with van der Waals surface area (Å²) in [6.07, 6.45) is 3.34. The average molecular weight is 311 g/mol. The van der Waals surface area contributed by atoms with E-state index in [1.165, 1.54) is 37.2 Å². The number of rotatable bonds is 2. The molecule has 2 aromatic rings. The SMILES string of the molecule is CC(C)N1CCC(c2[nH]c3cccc4c3c2CCNC4=O)CC1. The normalized spacial score (nSPS) is 20.0. The molecule has 122 valence electrons. The number of carbonyl (C=O) groups excluding carboxylic acids is 1. The van der Waals surface area contributed by atoms with Crippen LogP contribution in [0, 0.1) is 0 Å². The monoisotopic (exact) mass is 311 g/mol. The van der Waals surface area contributed by atoms with Crippen molar-refractivity contribution in [3.8, 4) is 0 Å². The number of aromatic nitrogens is 1. The smallest absolute Gasteiger partial charge is 0.251 e. The molecule has 0 unspecified atom stereocenters. The van der Waals surface area contributed by atoms with Crippen LogP contribution in [-0.4, -0.2) is 41.5 Å². The first-order chi connectivity index (χ1) is 11.1. The highest BCUT2D eigenvalue weighted by molar-refractivity contribution is 6.08. The summed E-state index contributed by atoms with van der Waals surface area (Å²) in [5.74, 6) is 0.656. The summed E-state index contributed by atoms with van der Waals surface area (Å²) in [6.45, 7) is 7.63. The van der Waals surface area contributed by atoms with Gasteiger partial charge in [0.2, 0.25) is 0 Å². The number of nitrogens with one attached hydrogen (secondary N) is 2. The first-order valence-corrected chi connectivity index (χ1v) is 8.81. The molecule has 4 rings (SSSR count). The molecule has 1 amide bonds. The molecule has 2 N–H and O–H groups in total. The van der Waals surface area contributed by atoms with Crippen LogP contribution in [0.4, 0.5) is 0 Å². The fourth-order valence-electron chi connectivity index (χ4n) is 4.23. The van der Waals surface area contributed by atoms with Crippen LogP contribution < -0.4 is 5.32 Å². The molecule has 1 saturated heterocycles. The van der Waals surface area contributed by atoms with Gasteiger partial charge in [0.25, 0.3) is 5.91 Å². The quantitative estimate of drug-likeness (QED) is 0.895. The lowest BCUT2D eigenvalue weighted by atomic mass is 9.89. The lowest BCUT2D eigenvalue weighted by molar-refractivity contribution is 0.0957. The molecule has 0 radical (unpaired) electrons. The van der Waals surface area contributed by atoms with Crippen molar-refractivity contribution in [2.24, 2.45) is 0 Å². The zero-order valence-electron chi connectivity index (χ0n) is 14.0. The van der Waals surface area contributed by atoms with Crippen molar-refractivity contribution >= 4 is 16.8 Å². The summed E-state index contributed by atoms with van der Waals surface area (Å²) in [4.78, 5) is 18.5. The molecule has 0 saturated carbocycles. The third-order valence-corrected chi connectivity index (χ3v) is 5.53. The number of piperidine rings is 1. The number of benzene rings is 1. The van der Waals surface area contributed by atoms with Gasteiger partial charge in [0, 0.05) is 40.7 Å². The van der Waals surface area contributed by atoms with Crippen molar-refractivity contribution in [1.82, 2.24) is 15.2 Å². The molecule has 2 aliphatic heterocycles. The molecule has 1 fully saturated rings. The molecule has 1 aromatic carbocycles. The van der Waals surface area contributed by atoms with E-state index in [-0.39, 0.29) is 5.91 Å². The molecule has 0 spiro atoms. The maximum absolute atomic E-state index is 12.3. The van der Waals surface area contributed by atoms with Crippen LogP contribution in [0.3, 0.4) is 0 Å². The van der Waals surface area contributed by atoms with Gasteiger partial charge in [-0.1, -0.05) is 6.07 Å². The minimum Gasteiger partial charge on any atom is -0.358 e. The molecule has 0 aliphatic carbocycles. The molecular weight excluding hydrogens is 286 g/mol. The number of hydrogen-bond acceptors (Lipinski definition) is 2. The van der Waals surface area contributed by atoms with E-state index >= 15 is 0 Å². The van der Waals surface area contributed by atoms with Gasteiger partial charge in [0.05, 0.1) is 0 Å². The molecule has 2 aliphatic rings. The lowest BCUT2D eigenvalue weighted by Gasteiger charge is -2.34. The Kier molecular flexibility index (Phi) is 3.64. The highest BCUT2D eigenvalue weighted by Gasteiger charge is 2.28. The first-order valence-electron chi connectivity index (χ1n) is 8.81. The second-order valence-corrected chi connectivity index (χ2v) is 7.16. The summed E-state index contributed by atoms with van der Waals surface area (Å²) < 4.78 is 0. The van der Waals surface area contributed by atoms with Gasteiger partial charge in [-0.05, 0) is 63.9 Å². The molecule has 23 heavy (non-hydrogen) atoms. The molecule has 1 aromatic heterocycles. The number of amides is 1. The van der Waals surface area contributed by atoms with E-state index in [9.17, 15) is 4.79 Å². The molecular formula is C19H25N3O. The van der Waals surface area contributed by atoms with Gasteiger partial charge < -0.3 is 15.2 Å². The van der Waals surface area contributed by atoms with Gasteiger partial charge in [0.1, 0.15) is 0 Å². The molecule has 0 atom stereocenters. The van der Waals surface area contributed by atoms with Crippen LogP contribution in [0.1, 0.15) is 54.2 Å². The number of likely N-dealkylation sites (tertiary alicyclic amines) is 1. The van der Waals surface area contributed by atoms with E-state index in [4.69, 9.17) is 0 Å². The molecule has 0 bridgehead atoms. The Morgan fingerprint density at radius 3 is 2.74 bits per heavy atom. The zero-order chi connectivity index (χ0) is 16.0. The molecule has 4 nitrogen and oxygen atoms in total. The van der Waals surface area contributed by atoms with Crippen molar-refractivity contribution in [2.75, 3.05) is 19.6 Å². The Morgan fingerprint density at radius 1 is 1.22 bits per heavy atom. The van der Waals surface area contributed by atoms with Crippen LogP contribution in [0.25, 0.3) is 10.9 Å². The third kappa shape index (κ3) is 2.45. The largest absolute Gasteiger partial charge is 0.358 e. The standard InChI is InChI=1S/C19H25N3O/c1-12(2)22-10-7-13(8-11-22)18-14-6-9-20-19(23)15-4-3-5-16(21-18)17(14)15/h3-5,12-13,21H,6-11H2,1-2H3,(H,20,23). The first kappa shape index (κ1) is 14.8. The average Bonchev–Trinajstić information content (AvgIpc) is 2.84. The van der Waals surface area contributed by atoms with E-state index in [1.54, 1.807) is 0 Å². The fraction of sp³-hybridized carbons (Fsp3) is 0.526. The van der Waals surface area contributed by atoms with Gasteiger partial charge in [-0.25, -0.2) is 0 Å². The van der Waals surface area contributed by atoms with Crippen molar-refractivity contribution < 1.29 is 4.79 Å². The summed E-state index contributed by atoms with van der Waals surface area (Å²) in [6, 6.07) is 6.67. The number of H-pyrrole nitrogens is 1. The number of aromatic amines is 1. The lowest BCUT2D eigenvalue weighted by Crippen LogP contribution is -2.38. The Hall–Kier alpha value is -1.81. The Morgan fingerprint density at radius 2 is 2.00 bits per heavy atom. The third-order valence-electron chi connectivity index (χ3n) is 5.53. The van der Waals surface area contributed by atoms with Gasteiger partial charge >= 0.3 is 0 Å². The van der Waals surface area contributed by atoms with Crippen LogP contribution >= 0.6 is 0 Å². The predicted octanol–water partition coefficient (Wildman–Crippen LogP) is 3.04. The molecule has 4 heteroatoms. The van der Waals surface area contributed by atoms with Crippen molar-refractivity contribution in [3.05, 3.63) is 35.0 Å². The number of nitrogens with zero attached hydrogens (tertiary/aromatic N) is 1. The van der Waals surface area contributed by atoms with Crippen molar-refractivity contribution in [2.45, 2.75) is 45.1 Å². The molecule has 3 heterocycles. The zero-order valence-corrected chi connectivity index (χ0v) is 14.0. The number of carbonyl (C=O) groups is 1. The van der Waals surface area contributed by atoms with E-state index < -0.39 is 0 Å². The second kappa shape index (κ2) is 5.68. The van der Waals surface area contributed by atoms with E-state index in [0.717, 1.165) is 29.4 Å². The number of hydrogen-bond donors (Lipinski definition) is 2. The topological polar surface area (TPSA) is 48.1 Å². The summed E-state index contributed by atoms with van der Waals surface area (Å²) >= 11 is 0. The maximum Gasteiger partial charge on any atom is 0.251 e. The van der Waals surface area contributed by atoms with E-state index in [2.05, 4.69) is 35.1 Å². The van der Waals surface area contributed by atoms with Gasteiger partial charge in [-0.15, -0.1) is 0 Å². The Labute approximate surface area is 137 Å². The van der Waals surface area contributed by atoms with Crippen molar-refractivity contribution in [3.63, 3.8) is 0 Å². The van der Waals surface area contributed by atoms with Gasteiger partial charge in [0.15, 0.2) is 0 Å². The summed E-state index contributed by atoms with van der Waals surface area (Å²) in [5.41, 5.74) is 4.71. The highest BCUT2D eigenvalue weighted by Crippen LogP contribution is 2.36. The van der Waals surface area contributed by atoms with Crippen LogP contribution in [0.15, 0.2) is 18.2 Å². The predicted molar refractivity (Wildman–Crippen MR) is 93.0 cm³/mol. The fourth-order valence-corrected chi connectivity index (χ4v) is 4.23. The van der Waals surface area contributed by atoms with Gasteiger partial charge in [-0.3, -0.25) is 4.79 Å². The van der Waals surface area contributed by atoms with Crippen molar-refractivity contribution in [1.29, 1.82) is 0 Å². The van der Waals surface area contributed by atoms with E-state index in [0.29, 0.717) is 12.0 Å². The Balaban J connectivity index is 1.73. The van der Waals surface area contributed by atoms with Gasteiger partial charge in [-0.2, -0.15) is 0 Å². The second-order valence-electron chi connectivity index (χ2n) is 7.16. The maximum atomic E-state index is 12.3. The van der Waals surface area contributed by atoms with Crippen LogP contribution in [0.2, 0.25) is 0 Å².